The van der Waals surface area contributed by atoms with Gasteiger partial charge < -0.3 is 14.8 Å². The minimum absolute atomic E-state index is 0.193. The van der Waals surface area contributed by atoms with Crippen LogP contribution in [0.2, 0.25) is 0 Å². The first kappa shape index (κ1) is 21.3. The molecular weight excluding hydrogens is 405 g/mol. The van der Waals surface area contributed by atoms with Crippen molar-refractivity contribution < 1.29 is 23.5 Å². The standard InChI is InChI=1S/C23H20FNO4S/c1-3-29-23(27)21-18(15-8-11-17(24)12-9-15)14-30-22(21)25-20(26)13-10-16-6-4-5-7-19(16)28-2/h4-14H,3H2,1-2H3,(H,25,26). The maximum Gasteiger partial charge on any atom is 0.341 e. The minimum atomic E-state index is -0.554. The van der Waals surface area contributed by atoms with Crippen molar-refractivity contribution in [2.45, 2.75) is 6.92 Å². The zero-order valence-electron chi connectivity index (χ0n) is 16.5. The van der Waals surface area contributed by atoms with Crippen molar-refractivity contribution >= 4 is 34.3 Å². The van der Waals surface area contributed by atoms with Crippen LogP contribution in [-0.4, -0.2) is 25.6 Å². The van der Waals surface area contributed by atoms with Crippen molar-refractivity contribution in [3.63, 3.8) is 0 Å². The van der Waals surface area contributed by atoms with Crippen molar-refractivity contribution in [1.82, 2.24) is 0 Å². The van der Waals surface area contributed by atoms with E-state index in [9.17, 15) is 14.0 Å². The molecule has 1 amide bonds. The Morgan fingerprint density at radius 3 is 2.57 bits per heavy atom. The molecule has 0 saturated heterocycles. The second kappa shape index (κ2) is 9.84. The number of ether oxygens (including phenoxy) is 2. The van der Waals surface area contributed by atoms with Gasteiger partial charge in [-0.3, -0.25) is 4.79 Å². The summed E-state index contributed by atoms with van der Waals surface area (Å²) in [6.45, 7) is 1.90. The van der Waals surface area contributed by atoms with Gasteiger partial charge in [0.2, 0.25) is 5.91 Å². The number of rotatable bonds is 7. The Kier molecular flexibility index (Phi) is 6.98. The summed E-state index contributed by atoms with van der Waals surface area (Å²) in [5.41, 5.74) is 2.22. The van der Waals surface area contributed by atoms with E-state index in [1.165, 1.54) is 29.5 Å². The number of benzene rings is 2. The van der Waals surface area contributed by atoms with E-state index in [4.69, 9.17) is 9.47 Å². The smallest absolute Gasteiger partial charge is 0.341 e. The minimum Gasteiger partial charge on any atom is -0.496 e. The zero-order chi connectivity index (χ0) is 21.5. The van der Waals surface area contributed by atoms with E-state index >= 15 is 0 Å². The number of anilines is 1. The van der Waals surface area contributed by atoms with Crippen molar-refractivity contribution in [2.75, 3.05) is 19.0 Å². The van der Waals surface area contributed by atoms with Crippen LogP contribution >= 0.6 is 11.3 Å². The van der Waals surface area contributed by atoms with Gasteiger partial charge in [-0.1, -0.05) is 30.3 Å². The van der Waals surface area contributed by atoms with Crippen LogP contribution in [0, 0.1) is 5.82 Å². The highest BCUT2D eigenvalue weighted by Crippen LogP contribution is 2.36. The van der Waals surface area contributed by atoms with Crippen molar-refractivity contribution in [2.24, 2.45) is 0 Å². The predicted octanol–water partition coefficient (Wildman–Crippen LogP) is 5.39. The predicted molar refractivity (Wildman–Crippen MR) is 116 cm³/mol. The lowest BCUT2D eigenvalue weighted by Gasteiger charge is -2.08. The molecule has 0 spiro atoms. The number of esters is 1. The van der Waals surface area contributed by atoms with Crippen LogP contribution < -0.4 is 10.1 Å². The lowest BCUT2D eigenvalue weighted by molar-refractivity contribution is -0.111. The molecule has 0 atom stereocenters. The molecule has 0 bridgehead atoms. The molecule has 0 aliphatic heterocycles. The first-order valence-corrected chi connectivity index (χ1v) is 10.1. The highest BCUT2D eigenvalue weighted by atomic mass is 32.1. The van der Waals surface area contributed by atoms with E-state index in [1.54, 1.807) is 43.7 Å². The van der Waals surface area contributed by atoms with Gasteiger partial charge in [0.25, 0.3) is 0 Å². The van der Waals surface area contributed by atoms with Crippen molar-refractivity contribution in [3.05, 3.63) is 76.9 Å². The van der Waals surface area contributed by atoms with Gasteiger partial charge in [0.1, 0.15) is 22.1 Å². The van der Waals surface area contributed by atoms with Crippen LogP contribution in [-0.2, 0) is 9.53 Å². The number of amides is 1. The van der Waals surface area contributed by atoms with Crippen LogP contribution in [0.25, 0.3) is 17.2 Å². The molecule has 0 fully saturated rings. The highest BCUT2D eigenvalue weighted by Gasteiger charge is 2.22. The molecule has 5 nitrogen and oxygen atoms in total. The van der Waals surface area contributed by atoms with E-state index in [0.717, 1.165) is 5.56 Å². The molecule has 0 saturated carbocycles. The Hall–Kier alpha value is -3.45. The van der Waals surface area contributed by atoms with E-state index in [-0.39, 0.29) is 18.0 Å². The average Bonchev–Trinajstić information content (AvgIpc) is 3.16. The summed E-state index contributed by atoms with van der Waals surface area (Å²) in [6, 6.07) is 13.1. The van der Waals surface area contributed by atoms with Gasteiger partial charge in [-0.15, -0.1) is 11.3 Å². The first-order valence-electron chi connectivity index (χ1n) is 9.20. The lowest BCUT2D eigenvalue weighted by atomic mass is 10.0. The van der Waals surface area contributed by atoms with Gasteiger partial charge in [-0.2, -0.15) is 0 Å². The van der Waals surface area contributed by atoms with Gasteiger partial charge in [0.15, 0.2) is 0 Å². The third-order valence-electron chi connectivity index (χ3n) is 4.22. The Morgan fingerprint density at radius 1 is 1.13 bits per heavy atom. The summed E-state index contributed by atoms with van der Waals surface area (Å²) in [5, 5.41) is 4.83. The average molecular weight is 425 g/mol. The molecule has 0 aliphatic rings. The largest absolute Gasteiger partial charge is 0.496 e. The number of halogens is 1. The Morgan fingerprint density at radius 2 is 1.87 bits per heavy atom. The molecule has 1 N–H and O–H groups in total. The second-order valence-corrected chi connectivity index (χ2v) is 7.03. The summed E-state index contributed by atoms with van der Waals surface area (Å²) < 4.78 is 23.7. The molecule has 2 aromatic carbocycles. The number of methoxy groups -OCH3 is 1. The SMILES string of the molecule is CCOC(=O)c1c(-c2ccc(F)cc2)csc1NC(=O)C=Cc1ccccc1OC. The third-order valence-corrected chi connectivity index (χ3v) is 5.11. The van der Waals surface area contributed by atoms with Crippen LogP contribution in [0.5, 0.6) is 5.75 Å². The molecule has 1 aromatic heterocycles. The van der Waals surface area contributed by atoms with Gasteiger partial charge in [0.05, 0.1) is 13.7 Å². The Labute approximate surface area is 177 Å². The fourth-order valence-corrected chi connectivity index (χ4v) is 3.78. The second-order valence-electron chi connectivity index (χ2n) is 6.15. The van der Waals surface area contributed by atoms with E-state index < -0.39 is 11.9 Å². The quantitative estimate of drug-likeness (QED) is 0.407. The summed E-state index contributed by atoms with van der Waals surface area (Å²) in [6.07, 6.45) is 3.00. The fraction of sp³-hybridized carbons (Fsp3) is 0.130. The summed E-state index contributed by atoms with van der Waals surface area (Å²) >= 11 is 1.20. The van der Waals surface area contributed by atoms with Crippen molar-refractivity contribution in [3.8, 4) is 16.9 Å². The van der Waals surface area contributed by atoms with Crippen LogP contribution in [0.1, 0.15) is 22.8 Å². The summed E-state index contributed by atoms with van der Waals surface area (Å²) in [5.74, 6) is -0.689. The van der Waals surface area contributed by atoms with Crippen LogP contribution in [0.4, 0.5) is 9.39 Å². The molecule has 1 heterocycles. The number of para-hydroxylation sites is 1. The maximum atomic E-state index is 13.3. The van der Waals surface area contributed by atoms with E-state index in [2.05, 4.69) is 5.32 Å². The molecule has 3 aromatic rings. The highest BCUT2D eigenvalue weighted by molar-refractivity contribution is 7.15. The lowest BCUT2D eigenvalue weighted by Crippen LogP contribution is -2.12. The molecular formula is C23H20FNO4S. The maximum absolute atomic E-state index is 13.3. The van der Waals surface area contributed by atoms with Gasteiger partial charge in [0, 0.05) is 22.6 Å². The molecule has 154 valence electrons. The Bertz CT molecular complexity index is 1070. The number of nitrogens with one attached hydrogen (secondary N) is 1. The monoisotopic (exact) mass is 425 g/mol. The van der Waals surface area contributed by atoms with Gasteiger partial charge >= 0.3 is 5.97 Å². The van der Waals surface area contributed by atoms with Crippen LogP contribution in [0.15, 0.2) is 60.0 Å². The zero-order valence-corrected chi connectivity index (χ0v) is 17.3. The summed E-state index contributed by atoms with van der Waals surface area (Å²) in [4.78, 5) is 25.0. The third kappa shape index (κ3) is 4.93. The molecule has 0 radical (unpaired) electrons. The summed E-state index contributed by atoms with van der Waals surface area (Å²) in [7, 11) is 1.56. The molecule has 7 heteroatoms. The van der Waals surface area contributed by atoms with E-state index in [1.807, 2.05) is 18.2 Å². The topological polar surface area (TPSA) is 64.6 Å². The van der Waals surface area contributed by atoms with Crippen LogP contribution in [0.3, 0.4) is 0 Å². The number of carbonyl (C=O) groups excluding carboxylic acids is 2. The van der Waals surface area contributed by atoms with Gasteiger partial charge in [-0.25, -0.2) is 9.18 Å². The number of thiophene rings is 1. The molecule has 30 heavy (non-hydrogen) atoms. The van der Waals surface area contributed by atoms with E-state index in [0.29, 0.717) is 21.9 Å². The molecule has 0 aliphatic carbocycles. The number of hydrogen-bond donors (Lipinski definition) is 1. The number of carbonyl (C=O) groups is 2. The Balaban J connectivity index is 1.88. The molecule has 3 rings (SSSR count). The number of hydrogen-bond acceptors (Lipinski definition) is 5. The first-order chi connectivity index (χ1) is 14.5. The van der Waals surface area contributed by atoms with Gasteiger partial charge in [-0.05, 0) is 36.8 Å². The fourth-order valence-electron chi connectivity index (χ4n) is 2.82. The van der Waals surface area contributed by atoms with Crippen molar-refractivity contribution in [1.29, 1.82) is 0 Å². The normalized spacial score (nSPS) is 10.8. The molecule has 0 unspecified atom stereocenters.